The molecule has 70 heavy (non-hydrogen) atoms. The molecule has 13 rings (SSSR count). The fourth-order valence-electron chi connectivity index (χ4n) is 16.0. The third kappa shape index (κ3) is 5.39. The van der Waals surface area contributed by atoms with Crippen LogP contribution in [0.2, 0.25) is 0 Å². The largest absolute Gasteiger partial charge is 0.376 e. The van der Waals surface area contributed by atoms with Gasteiger partial charge < -0.3 is 9.71 Å². The Bertz CT molecular complexity index is 3360. The summed E-state index contributed by atoms with van der Waals surface area (Å²) >= 11 is 0. The van der Waals surface area contributed by atoms with Crippen molar-refractivity contribution in [1.29, 1.82) is 0 Å². The van der Waals surface area contributed by atoms with E-state index in [0.717, 1.165) is 0 Å². The van der Waals surface area contributed by atoms with Crippen molar-refractivity contribution in [3.63, 3.8) is 0 Å². The van der Waals surface area contributed by atoms with Gasteiger partial charge in [-0.25, -0.2) is 0 Å². The average Bonchev–Trinajstić information content (AvgIpc) is 3.75. The van der Waals surface area contributed by atoms with Crippen LogP contribution in [0.25, 0.3) is 33.4 Å². The van der Waals surface area contributed by atoms with Gasteiger partial charge in [0.05, 0.1) is 5.54 Å². The lowest BCUT2D eigenvalue weighted by atomic mass is 9.42. The lowest BCUT2D eigenvalue weighted by Gasteiger charge is -2.53. The smallest absolute Gasteiger partial charge is 0.333 e. The fraction of sp³-hybridized carbons (Fsp3) is 0.463. The highest BCUT2D eigenvalue weighted by atomic mass is 15.3. The minimum absolute atomic E-state index is 0.00546. The molecule has 0 saturated heterocycles. The molecule has 6 aromatic rings. The first-order valence-electron chi connectivity index (χ1n) is 27.2. The topological polar surface area (TPSA) is 6.48 Å². The molecule has 0 amide bonds. The van der Waals surface area contributed by atoms with E-state index in [2.05, 4.69) is 212 Å². The van der Waals surface area contributed by atoms with E-state index >= 15 is 0 Å². The average molecular weight is 921 g/mol. The summed E-state index contributed by atoms with van der Waals surface area (Å²) in [6.07, 6.45) is 7.36. The summed E-state index contributed by atoms with van der Waals surface area (Å²) in [5.41, 5.74) is 31.8. The normalized spacial score (nSPS) is 23.9. The lowest BCUT2D eigenvalue weighted by molar-refractivity contribution is 0.195. The van der Waals surface area contributed by atoms with Crippen molar-refractivity contribution in [1.82, 2.24) is 0 Å². The zero-order chi connectivity index (χ0) is 49.6. The molecule has 3 heteroatoms. The monoisotopic (exact) mass is 921 g/mol. The van der Waals surface area contributed by atoms with Crippen LogP contribution in [0.1, 0.15) is 205 Å². The van der Waals surface area contributed by atoms with E-state index in [1.807, 2.05) is 0 Å². The van der Waals surface area contributed by atoms with Crippen LogP contribution >= 0.6 is 0 Å². The minimum Gasteiger partial charge on any atom is -0.376 e. The third-order valence-corrected chi connectivity index (χ3v) is 20.6. The summed E-state index contributed by atoms with van der Waals surface area (Å²) < 4.78 is 0. The van der Waals surface area contributed by atoms with Crippen molar-refractivity contribution in [2.45, 2.75) is 200 Å². The van der Waals surface area contributed by atoms with E-state index in [-0.39, 0.29) is 50.3 Å². The van der Waals surface area contributed by atoms with Gasteiger partial charge in [0.1, 0.15) is 0 Å². The number of benzene rings is 6. The summed E-state index contributed by atoms with van der Waals surface area (Å²) in [5.74, 6) is 0. The Morgan fingerprint density at radius 1 is 0.486 bits per heavy atom. The molecule has 1 saturated carbocycles. The SMILES string of the molecule is Cc1cc(C(C)(C)C)ccc1N1B2c3cc(C(C)(C)C)cc4c3N(c3cc5c(c(c32)-c2cc3c(cc21)-c1cc2c(cc1C3(C)C)C(C)(C)CCC2(C)C)C(C)(C)c1ccccc1-5)C1(C)CCCCC41C. The number of nitrogens with zero attached hydrogens (tertiary/aromatic N) is 2. The molecule has 0 N–H and O–H groups in total. The molecule has 6 aromatic carbocycles. The van der Waals surface area contributed by atoms with Crippen molar-refractivity contribution in [2.75, 3.05) is 9.71 Å². The molecular formula is C67H77BN2. The maximum absolute atomic E-state index is 2.96. The third-order valence-electron chi connectivity index (χ3n) is 20.6. The van der Waals surface area contributed by atoms with E-state index in [4.69, 9.17) is 0 Å². The number of hydrogen-bond acceptors (Lipinski definition) is 2. The summed E-state index contributed by atoms with van der Waals surface area (Å²) in [7, 11) is 0. The second-order valence-corrected chi connectivity index (χ2v) is 28.4. The predicted molar refractivity (Wildman–Crippen MR) is 301 cm³/mol. The Kier molecular flexibility index (Phi) is 8.55. The molecule has 4 aliphatic carbocycles. The van der Waals surface area contributed by atoms with Crippen molar-refractivity contribution < 1.29 is 0 Å². The predicted octanol–water partition coefficient (Wildman–Crippen LogP) is 16.5. The van der Waals surface area contributed by atoms with Gasteiger partial charge in [-0.3, -0.25) is 0 Å². The van der Waals surface area contributed by atoms with E-state index in [1.54, 1.807) is 16.7 Å². The van der Waals surface area contributed by atoms with Crippen molar-refractivity contribution >= 4 is 40.5 Å². The van der Waals surface area contributed by atoms with Crippen LogP contribution in [-0.2, 0) is 37.9 Å². The first kappa shape index (κ1) is 44.9. The maximum Gasteiger partial charge on any atom is 0.333 e. The van der Waals surface area contributed by atoms with E-state index < -0.39 is 0 Å². The van der Waals surface area contributed by atoms with Gasteiger partial charge in [0.2, 0.25) is 0 Å². The number of aryl methyl sites for hydroxylation is 1. The van der Waals surface area contributed by atoms with Crippen molar-refractivity contribution in [2.24, 2.45) is 0 Å². The Morgan fingerprint density at radius 2 is 1.10 bits per heavy atom. The molecule has 7 aliphatic rings. The second kappa shape index (κ2) is 13.3. The molecule has 358 valence electrons. The van der Waals surface area contributed by atoms with Crippen molar-refractivity contribution in [3.8, 4) is 33.4 Å². The zero-order valence-electron chi connectivity index (χ0n) is 45.8. The minimum atomic E-state index is -0.203. The highest BCUT2D eigenvalue weighted by Gasteiger charge is 2.63. The zero-order valence-corrected chi connectivity index (χ0v) is 45.8. The molecular weight excluding hydrogens is 844 g/mol. The molecule has 0 bridgehead atoms. The van der Waals surface area contributed by atoms with Gasteiger partial charge in [0, 0.05) is 44.6 Å². The molecule has 1 fully saturated rings. The summed E-state index contributed by atoms with van der Waals surface area (Å²) in [6, 6.07) is 35.8. The number of rotatable bonds is 1. The summed E-state index contributed by atoms with van der Waals surface area (Å²) in [6.45, 7) is 42.2. The van der Waals surface area contributed by atoms with Crippen LogP contribution in [0.5, 0.6) is 0 Å². The van der Waals surface area contributed by atoms with Gasteiger partial charge in [0.15, 0.2) is 0 Å². The maximum atomic E-state index is 2.96. The Hall–Kier alpha value is -5.02. The van der Waals surface area contributed by atoms with Crippen molar-refractivity contribution in [3.05, 3.63) is 141 Å². The first-order chi connectivity index (χ1) is 32.6. The van der Waals surface area contributed by atoms with E-state index in [1.165, 1.54) is 145 Å². The van der Waals surface area contributed by atoms with E-state index in [9.17, 15) is 0 Å². The van der Waals surface area contributed by atoms with Crippen LogP contribution in [0, 0.1) is 6.92 Å². The van der Waals surface area contributed by atoms with Gasteiger partial charge in [0.25, 0.3) is 0 Å². The Balaban J connectivity index is 1.21. The molecule has 2 unspecified atom stereocenters. The van der Waals surface area contributed by atoms with Crippen LogP contribution in [-0.4, -0.2) is 12.4 Å². The highest BCUT2D eigenvalue weighted by molar-refractivity contribution is 6.93. The highest BCUT2D eigenvalue weighted by Crippen LogP contribution is 2.66. The number of anilines is 4. The van der Waals surface area contributed by atoms with Gasteiger partial charge in [-0.05, 0) is 186 Å². The molecule has 3 aliphatic heterocycles. The van der Waals surface area contributed by atoms with Gasteiger partial charge >= 0.3 is 6.85 Å². The summed E-state index contributed by atoms with van der Waals surface area (Å²) in [4.78, 5) is 5.85. The van der Waals surface area contributed by atoms with Crippen LogP contribution in [0.3, 0.4) is 0 Å². The van der Waals surface area contributed by atoms with Gasteiger partial charge in [-0.15, -0.1) is 0 Å². The number of fused-ring (bicyclic) bond motifs is 15. The quantitative estimate of drug-likeness (QED) is 0.152. The van der Waals surface area contributed by atoms with Crippen LogP contribution in [0.15, 0.2) is 84.9 Å². The molecule has 3 heterocycles. The summed E-state index contributed by atoms with van der Waals surface area (Å²) in [5, 5.41) is 0. The van der Waals surface area contributed by atoms with Gasteiger partial charge in [-0.2, -0.15) is 0 Å². The molecule has 0 radical (unpaired) electrons. The van der Waals surface area contributed by atoms with Crippen LogP contribution < -0.4 is 20.6 Å². The van der Waals surface area contributed by atoms with E-state index in [0.29, 0.717) is 0 Å². The lowest BCUT2D eigenvalue weighted by Crippen LogP contribution is -2.65. The molecule has 0 spiro atoms. The first-order valence-corrected chi connectivity index (χ1v) is 27.2. The van der Waals surface area contributed by atoms with Crippen LogP contribution in [0.4, 0.5) is 22.7 Å². The number of hydrogen-bond donors (Lipinski definition) is 0. The molecule has 2 nitrogen and oxygen atoms in total. The second-order valence-electron chi connectivity index (χ2n) is 28.4. The molecule has 0 aromatic heterocycles. The fourth-order valence-corrected chi connectivity index (χ4v) is 16.0. The molecule has 2 atom stereocenters. The van der Waals surface area contributed by atoms with Gasteiger partial charge in [-0.1, -0.05) is 171 Å². The standard InChI is InChI=1S/C67H77BN2/c1-38-30-39(60(2,3)4)24-25-53(38)70-54-35-43-42-33-49-50(63(10,11)29-28-62(49,8)9)37-48(42)64(12,13)47(43)34-45(54)56-57-44(41-22-18-19-23-46(41)65(57,14)15)36-55-58(56)68(70)52-32-40(61(5,6)7)31-51-59(52)69(55)67(17)27-21-20-26-66(51,67)16/h18-19,22-25,30-37H,20-21,26-29H2,1-17H3. The Morgan fingerprint density at radius 3 is 1.79 bits per heavy atom. The Labute approximate surface area is 421 Å².